The van der Waals surface area contributed by atoms with E-state index in [1.807, 2.05) is 62.9 Å². The summed E-state index contributed by atoms with van der Waals surface area (Å²) in [6.07, 6.45) is 3.67. The summed E-state index contributed by atoms with van der Waals surface area (Å²) >= 11 is 0. The first kappa shape index (κ1) is 18.2. The van der Waals surface area contributed by atoms with Crippen molar-refractivity contribution in [2.75, 3.05) is 14.2 Å². The Morgan fingerprint density at radius 1 is 0.633 bits per heavy atom. The molecule has 30 heavy (non-hydrogen) atoms. The second-order valence-electron chi connectivity index (χ2n) is 7.22. The Balaban J connectivity index is 1.92. The molecule has 2 aromatic heterocycles. The van der Waals surface area contributed by atoms with Gasteiger partial charge in [-0.1, -0.05) is 24.3 Å². The number of nitrogens with zero attached hydrogens (tertiary/aromatic N) is 4. The van der Waals surface area contributed by atoms with Gasteiger partial charge in [0, 0.05) is 11.1 Å². The van der Waals surface area contributed by atoms with Crippen LogP contribution in [0.3, 0.4) is 0 Å². The quantitative estimate of drug-likeness (QED) is 0.428. The number of ether oxygens (including phenoxy) is 2. The molecule has 0 radical (unpaired) electrons. The Morgan fingerprint density at radius 3 is 1.50 bits per heavy atom. The van der Waals surface area contributed by atoms with Crippen molar-refractivity contribution < 1.29 is 9.47 Å². The van der Waals surface area contributed by atoms with Crippen molar-refractivity contribution in [2.45, 2.75) is 13.8 Å². The summed E-state index contributed by atoms with van der Waals surface area (Å²) in [7, 11) is 3.40. The molecule has 0 aliphatic carbocycles. The molecule has 3 aromatic carbocycles. The van der Waals surface area contributed by atoms with Crippen LogP contribution < -0.4 is 9.47 Å². The van der Waals surface area contributed by atoms with E-state index < -0.39 is 0 Å². The highest BCUT2D eigenvalue weighted by Gasteiger charge is 2.25. The fraction of sp³-hybridized carbons (Fsp3) is 0.167. The van der Waals surface area contributed by atoms with Gasteiger partial charge in [-0.15, -0.1) is 0 Å². The summed E-state index contributed by atoms with van der Waals surface area (Å²) < 4.78 is 16.0. The van der Waals surface area contributed by atoms with E-state index in [1.165, 1.54) is 0 Å². The van der Waals surface area contributed by atoms with Crippen molar-refractivity contribution in [2.24, 2.45) is 0 Å². The first-order chi connectivity index (χ1) is 14.7. The van der Waals surface area contributed by atoms with Crippen LogP contribution in [0, 0.1) is 13.8 Å². The van der Waals surface area contributed by atoms with Gasteiger partial charge in [0.25, 0.3) is 0 Å². The van der Waals surface area contributed by atoms with E-state index in [9.17, 15) is 0 Å². The van der Waals surface area contributed by atoms with Crippen molar-refractivity contribution in [3.8, 4) is 22.9 Å². The molecule has 5 rings (SSSR count). The van der Waals surface area contributed by atoms with Gasteiger partial charge < -0.3 is 9.47 Å². The van der Waals surface area contributed by atoms with Gasteiger partial charge in [-0.05, 0) is 38.1 Å². The number of benzene rings is 3. The molecular weight excluding hydrogens is 376 g/mol. The monoisotopic (exact) mass is 398 g/mol. The van der Waals surface area contributed by atoms with E-state index in [1.54, 1.807) is 14.2 Å². The van der Waals surface area contributed by atoms with Gasteiger partial charge in [0.05, 0.1) is 47.7 Å². The number of hydrogen-bond acceptors (Lipinski definition) is 4. The van der Waals surface area contributed by atoms with E-state index >= 15 is 0 Å². The summed E-state index contributed by atoms with van der Waals surface area (Å²) in [5, 5.41) is 0. The van der Waals surface area contributed by atoms with Crippen LogP contribution in [0.25, 0.3) is 33.4 Å². The molecule has 2 heterocycles. The lowest BCUT2D eigenvalue weighted by atomic mass is 10.0. The summed E-state index contributed by atoms with van der Waals surface area (Å²) in [6.45, 7) is 4.10. The molecule has 0 unspecified atom stereocenters. The molecule has 6 heteroatoms. The third-order valence-corrected chi connectivity index (χ3v) is 5.62. The summed E-state index contributed by atoms with van der Waals surface area (Å²) in [6, 6.07) is 16.1. The molecule has 0 N–H and O–H groups in total. The zero-order valence-electron chi connectivity index (χ0n) is 17.4. The lowest BCUT2D eigenvalue weighted by Crippen LogP contribution is -2.09. The highest BCUT2D eigenvalue weighted by atomic mass is 16.5. The zero-order valence-corrected chi connectivity index (χ0v) is 17.4. The van der Waals surface area contributed by atoms with Crippen LogP contribution in [-0.4, -0.2) is 33.3 Å². The molecule has 0 amide bonds. The third-order valence-electron chi connectivity index (χ3n) is 5.62. The van der Waals surface area contributed by atoms with E-state index in [0.717, 1.165) is 56.1 Å². The Morgan fingerprint density at radius 2 is 1.07 bits per heavy atom. The maximum atomic E-state index is 6.03. The van der Waals surface area contributed by atoms with Gasteiger partial charge in [-0.3, -0.25) is 9.13 Å². The average molecular weight is 398 g/mol. The number of para-hydroxylation sites is 4. The average Bonchev–Trinajstić information content (AvgIpc) is 3.38. The lowest BCUT2D eigenvalue weighted by molar-refractivity contribution is 0.395. The van der Waals surface area contributed by atoms with Crippen LogP contribution >= 0.6 is 0 Å². The summed E-state index contributed by atoms with van der Waals surface area (Å²) in [5.74, 6) is 1.56. The fourth-order valence-electron chi connectivity index (χ4n) is 4.30. The Labute approximate surface area is 174 Å². The van der Waals surface area contributed by atoms with E-state index in [2.05, 4.69) is 31.2 Å². The molecule has 0 aliphatic heterocycles. The van der Waals surface area contributed by atoms with Gasteiger partial charge >= 0.3 is 0 Å². The number of imidazole rings is 2. The SMILES string of the molecule is COc1c(C)c(-n2cnc3ccccc32)c(OC)c(-n2cnc3ccccc32)c1C. The third kappa shape index (κ3) is 2.50. The van der Waals surface area contributed by atoms with Gasteiger partial charge in [0.2, 0.25) is 0 Å². The standard InChI is InChI=1S/C24H22N4O2/c1-15-21(27-13-25-17-9-5-7-11-19(17)27)24(30-4)22(16(2)23(15)29-3)28-14-26-18-10-6-8-12-20(18)28/h5-14H,1-4H3. The molecule has 0 bridgehead atoms. The maximum absolute atomic E-state index is 6.03. The van der Waals surface area contributed by atoms with Gasteiger partial charge in [0.15, 0.2) is 5.75 Å². The van der Waals surface area contributed by atoms with Crippen molar-refractivity contribution in [3.63, 3.8) is 0 Å². The number of rotatable bonds is 4. The van der Waals surface area contributed by atoms with Crippen molar-refractivity contribution in [1.29, 1.82) is 0 Å². The number of hydrogen-bond donors (Lipinski definition) is 0. The Kier molecular flexibility index (Phi) is 4.20. The molecule has 0 aliphatic rings. The molecule has 0 fully saturated rings. The van der Waals surface area contributed by atoms with E-state index in [-0.39, 0.29) is 0 Å². The van der Waals surface area contributed by atoms with Crippen LogP contribution in [0.5, 0.6) is 11.5 Å². The zero-order chi connectivity index (χ0) is 20.8. The minimum atomic E-state index is 0.747. The number of fused-ring (bicyclic) bond motifs is 2. The first-order valence-electron chi connectivity index (χ1n) is 9.75. The Hall–Kier alpha value is -3.80. The number of aromatic nitrogens is 4. The van der Waals surface area contributed by atoms with Gasteiger partial charge in [-0.25, -0.2) is 9.97 Å². The van der Waals surface area contributed by atoms with Gasteiger partial charge in [-0.2, -0.15) is 0 Å². The molecular formula is C24H22N4O2. The maximum Gasteiger partial charge on any atom is 0.167 e. The molecule has 0 saturated heterocycles. The minimum Gasteiger partial charge on any atom is -0.496 e. The number of methoxy groups -OCH3 is 2. The second-order valence-corrected chi connectivity index (χ2v) is 7.22. The van der Waals surface area contributed by atoms with Crippen LogP contribution in [0.2, 0.25) is 0 Å². The molecule has 0 atom stereocenters. The molecule has 0 saturated carbocycles. The van der Waals surface area contributed by atoms with Crippen LogP contribution in [-0.2, 0) is 0 Å². The predicted molar refractivity (Wildman–Crippen MR) is 118 cm³/mol. The van der Waals surface area contributed by atoms with Crippen molar-refractivity contribution in [3.05, 3.63) is 72.3 Å². The van der Waals surface area contributed by atoms with Crippen LogP contribution in [0.1, 0.15) is 11.1 Å². The smallest absolute Gasteiger partial charge is 0.167 e. The minimum absolute atomic E-state index is 0.747. The predicted octanol–water partition coefficient (Wildman–Crippen LogP) is 5.00. The lowest BCUT2D eigenvalue weighted by Gasteiger charge is -2.23. The highest BCUT2D eigenvalue weighted by Crippen LogP contribution is 2.44. The van der Waals surface area contributed by atoms with Crippen LogP contribution in [0.4, 0.5) is 0 Å². The fourth-order valence-corrected chi connectivity index (χ4v) is 4.30. The van der Waals surface area contributed by atoms with Crippen molar-refractivity contribution >= 4 is 22.1 Å². The molecule has 0 spiro atoms. The van der Waals surface area contributed by atoms with E-state index in [0.29, 0.717) is 0 Å². The second kappa shape index (κ2) is 6.91. The molecule has 5 aromatic rings. The Bertz CT molecular complexity index is 1300. The molecule has 6 nitrogen and oxygen atoms in total. The summed E-state index contributed by atoms with van der Waals surface area (Å²) in [4.78, 5) is 9.16. The first-order valence-corrected chi connectivity index (χ1v) is 9.75. The van der Waals surface area contributed by atoms with Crippen LogP contribution in [0.15, 0.2) is 61.2 Å². The summed E-state index contributed by atoms with van der Waals surface area (Å²) in [5.41, 5.74) is 7.65. The van der Waals surface area contributed by atoms with Crippen molar-refractivity contribution in [1.82, 2.24) is 19.1 Å². The molecule has 150 valence electrons. The largest absolute Gasteiger partial charge is 0.496 e. The highest BCUT2D eigenvalue weighted by molar-refractivity contribution is 5.84. The normalized spacial score (nSPS) is 11.3. The topological polar surface area (TPSA) is 54.1 Å². The van der Waals surface area contributed by atoms with Gasteiger partial charge in [0.1, 0.15) is 18.4 Å². The van der Waals surface area contributed by atoms with E-state index in [4.69, 9.17) is 9.47 Å².